The molecular weight excluding hydrogens is 262 g/mol. The molecule has 1 saturated heterocycles. The first-order chi connectivity index (χ1) is 8.91. The van der Waals surface area contributed by atoms with Crippen LogP contribution in [0.4, 0.5) is 5.82 Å². The molecule has 2 atom stereocenters. The minimum Gasteiger partial charge on any atom is -0.352 e. The normalized spacial score (nSPS) is 24.5. The van der Waals surface area contributed by atoms with E-state index in [1.54, 1.807) is 12.1 Å². The number of rotatable bonds is 3. The highest BCUT2D eigenvalue weighted by atomic mass is 32.2. The van der Waals surface area contributed by atoms with Gasteiger partial charge in [-0.05, 0) is 30.9 Å². The van der Waals surface area contributed by atoms with E-state index in [0.717, 1.165) is 25.2 Å². The quantitative estimate of drug-likeness (QED) is 0.897. The zero-order valence-electron chi connectivity index (χ0n) is 11.4. The molecule has 106 valence electrons. The van der Waals surface area contributed by atoms with Crippen molar-refractivity contribution in [3.8, 4) is 0 Å². The Bertz CT molecular complexity index is 527. The number of nitrogens with zero attached hydrogens (tertiary/aromatic N) is 2. The molecule has 0 aliphatic carbocycles. The first-order valence-electron chi connectivity index (χ1n) is 6.54. The van der Waals surface area contributed by atoms with Gasteiger partial charge in [0.1, 0.15) is 5.82 Å². The molecule has 19 heavy (non-hydrogen) atoms. The number of anilines is 1. The SMILES string of the molecule is CC1CCN(c2ccc(S(C)(=O)=O)cn2)C(CN)C1. The zero-order valence-corrected chi connectivity index (χ0v) is 12.2. The molecule has 1 aromatic rings. The van der Waals surface area contributed by atoms with Crippen molar-refractivity contribution in [2.75, 3.05) is 24.2 Å². The first kappa shape index (κ1) is 14.3. The van der Waals surface area contributed by atoms with Gasteiger partial charge >= 0.3 is 0 Å². The van der Waals surface area contributed by atoms with Gasteiger partial charge in [-0.25, -0.2) is 13.4 Å². The van der Waals surface area contributed by atoms with Crippen molar-refractivity contribution in [2.24, 2.45) is 11.7 Å². The molecule has 6 heteroatoms. The van der Waals surface area contributed by atoms with Crippen molar-refractivity contribution < 1.29 is 8.42 Å². The maximum absolute atomic E-state index is 11.4. The van der Waals surface area contributed by atoms with Gasteiger partial charge < -0.3 is 10.6 Å². The molecule has 1 fully saturated rings. The van der Waals surface area contributed by atoms with Crippen molar-refractivity contribution in [2.45, 2.75) is 30.7 Å². The third-order valence-corrected chi connectivity index (χ3v) is 4.79. The Balaban J connectivity index is 2.22. The van der Waals surface area contributed by atoms with E-state index in [2.05, 4.69) is 16.8 Å². The fourth-order valence-corrected chi connectivity index (χ4v) is 3.10. The molecule has 0 aromatic carbocycles. The fraction of sp³-hybridized carbons (Fsp3) is 0.615. The summed E-state index contributed by atoms with van der Waals surface area (Å²) in [5.41, 5.74) is 5.83. The number of nitrogens with two attached hydrogens (primary N) is 1. The van der Waals surface area contributed by atoms with Crippen LogP contribution >= 0.6 is 0 Å². The zero-order chi connectivity index (χ0) is 14.0. The second kappa shape index (κ2) is 5.46. The van der Waals surface area contributed by atoms with Crippen LogP contribution < -0.4 is 10.6 Å². The topological polar surface area (TPSA) is 76.3 Å². The standard InChI is InChI=1S/C13H21N3O2S/c1-10-5-6-16(11(7-10)8-14)13-4-3-12(9-15-13)19(2,17)18/h3-4,9-11H,5-8,14H2,1-2H3. The van der Waals surface area contributed by atoms with E-state index in [4.69, 9.17) is 5.73 Å². The Morgan fingerprint density at radius 2 is 2.21 bits per heavy atom. The molecule has 0 saturated carbocycles. The number of hydrogen-bond acceptors (Lipinski definition) is 5. The van der Waals surface area contributed by atoms with Gasteiger partial charge in [0.25, 0.3) is 0 Å². The number of sulfone groups is 1. The molecule has 2 unspecified atom stereocenters. The number of piperidine rings is 1. The van der Waals surface area contributed by atoms with Gasteiger partial charge in [0.05, 0.1) is 4.90 Å². The summed E-state index contributed by atoms with van der Waals surface area (Å²) in [4.78, 5) is 6.73. The highest BCUT2D eigenvalue weighted by Gasteiger charge is 2.26. The fourth-order valence-electron chi connectivity index (χ4n) is 2.54. The highest BCUT2D eigenvalue weighted by Crippen LogP contribution is 2.26. The van der Waals surface area contributed by atoms with Crippen molar-refractivity contribution >= 4 is 15.7 Å². The Morgan fingerprint density at radius 3 is 2.74 bits per heavy atom. The largest absolute Gasteiger partial charge is 0.352 e. The molecule has 0 bridgehead atoms. The number of aromatic nitrogens is 1. The molecule has 1 aliphatic rings. The van der Waals surface area contributed by atoms with Crippen LogP contribution in [0.25, 0.3) is 0 Å². The second-order valence-corrected chi connectivity index (χ2v) is 7.35. The molecular formula is C13H21N3O2S. The predicted molar refractivity (Wildman–Crippen MR) is 75.9 cm³/mol. The lowest BCUT2D eigenvalue weighted by Gasteiger charge is -2.38. The molecule has 2 heterocycles. The molecule has 0 amide bonds. The lowest BCUT2D eigenvalue weighted by atomic mass is 9.92. The third-order valence-electron chi connectivity index (χ3n) is 3.69. The van der Waals surface area contributed by atoms with E-state index < -0.39 is 9.84 Å². The summed E-state index contributed by atoms with van der Waals surface area (Å²) in [5.74, 6) is 1.50. The minimum atomic E-state index is -3.18. The average molecular weight is 283 g/mol. The van der Waals surface area contributed by atoms with E-state index in [1.165, 1.54) is 12.5 Å². The second-order valence-electron chi connectivity index (χ2n) is 5.34. The predicted octanol–water partition coefficient (Wildman–Crippen LogP) is 1.05. The molecule has 5 nitrogen and oxygen atoms in total. The number of hydrogen-bond donors (Lipinski definition) is 1. The van der Waals surface area contributed by atoms with Crippen molar-refractivity contribution in [3.05, 3.63) is 18.3 Å². The summed E-state index contributed by atoms with van der Waals surface area (Å²) in [5, 5.41) is 0. The van der Waals surface area contributed by atoms with Gasteiger partial charge in [0.2, 0.25) is 0 Å². The van der Waals surface area contributed by atoms with Gasteiger partial charge in [-0.2, -0.15) is 0 Å². The summed E-state index contributed by atoms with van der Waals surface area (Å²) < 4.78 is 22.8. The maximum atomic E-state index is 11.4. The van der Waals surface area contributed by atoms with Gasteiger partial charge in [-0.15, -0.1) is 0 Å². The summed E-state index contributed by atoms with van der Waals surface area (Å²) in [6.45, 7) is 3.76. The molecule has 0 radical (unpaired) electrons. The van der Waals surface area contributed by atoms with Crippen LogP contribution in [0, 0.1) is 5.92 Å². The van der Waals surface area contributed by atoms with Crippen LogP contribution in [-0.4, -0.2) is 38.8 Å². The van der Waals surface area contributed by atoms with E-state index in [0.29, 0.717) is 18.5 Å². The van der Waals surface area contributed by atoms with Crippen molar-refractivity contribution in [1.29, 1.82) is 0 Å². The smallest absolute Gasteiger partial charge is 0.177 e. The van der Waals surface area contributed by atoms with E-state index in [9.17, 15) is 8.42 Å². The van der Waals surface area contributed by atoms with E-state index >= 15 is 0 Å². The monoisotopic (exact) mass is 283 g/mol. The maximum Gasteiger partial charge on any atom is 0.177 e. The minimum absolute atomic E-state index is 0.255. The Hall–Kier alpha value is -1.14. The summed E-state index contributed by atoms with van der Waals surface area (Å²) >= 11 is 0. The Kier molecular flexibility index (Phi) is 4.10. The molecule has 0 spiro atoms. The van der Waals surface area contributed by atoms with Gasteiger partial charge in [0.15, 0.2) is 9.84 Å². The summed E-state index contributed by atoms with van der Waals surface area (Å²) in [6, 6.07) is 3.68. The average Bonchev–Trinajstić information content (AvgIpc) is 2.37. The van der Waals surface area contributed by atoms with Crippen LogP contribution in [0.5, 0.6) is 0 Å². The molecule has 2 N–H and O–H groups in total. The Morgan fingerprint density at radius 1 is 1.47 bits per heavy atom. The van der Waals surface area contributed by atoms with Crippen LogP contribution in [0.1, 0.15) is 19.8 Å². The summed E-state index contributed by atoms with van der Waals surface area (Å²) in [7, 11) is -3.18. The van der Waals surface area contributed by atoms with Crippen molar-refractivity contribution in [3.63, 3.8) is 0 Å². The van der Waals surface area contributed by atoms with Gasteiger partial charge in [-0.3, -0.25) is 0 Å². The third kappa shape index (κ3) is 3.25. The Labute approximate surface area is 114 Å². The van der Waals surface area contributed by atoms with Gasteiger partial charge in [-0.1, -0.05) is 6.92 Å². The highest BCUT2D eigenvalue weighted by molar-refractivity contribution is 7.90. The summed E-state index contributed by atoms with van der Waals surface area (Å²) in [6.07, 6.45) is 4.79. The number of pyridine rings is 1. The van der Waals surface area contributed by atoms with Gasteiger partial charge in [0, 0.05) is 31.6 Å². The van der Waals surface area contributed by atoms with E-state index in [1.807, 2.05) is 0 Å². The molecule has 1 aromatic heterocycles. The van der Waals surface area contributed by atoms with E-state index in [-0.39, 0.29) is 4.90 Å². The lowest BCUT2D eigenvalue weighted by molar-refractivity contribution is 0.365. The van der Waals surface area contributed by atoms with Crippen LogP contribution in [0.15, 0.2) is 23.2 Å². The molecule has 1 aliphatic heterocycles. The van der Waals surface area contributed by atoms with Crippen LogP contribution in [0.3, 0.4) is 0 Å². The molecule has 2 rings (SSSR count). The first-order valence-corrected chi connectivity index (χ1v) is 8.43. The van der Waals surface area contributed by atoms with Crippen LogP contribution in [-0.2, 0) is 9.84 Å². The van der Waals surface area contributed by atoms with Crippen molar-refractivity contribution in [1.82, 2.24) is 4.98 Å². The van der Waals surface area contributed by atoms with Crippen LogP contribution in [0.2, 0.25) is 0 Å². The lowest BCUT2D eigenvalue weighted by Crippen LogP contribution is -2.46.